The quantitative estimate of drug-likeness (QED) is 0.600. The van der Waals surface area contributed by atoms with E-state index >= 15 is 0 Å². The lowest BCUT2D eigenvalue weighted by molar-refractivity contribution is -0.254. The van der Waals surface area contributed by atoms with Gasteiger partial charge in [-0.2, -0.15) is 23.3 Å². The lowest BCUT2D eigenvalue weighted by Gasteiger charge is -2.32. The molecule has 29 heavy (non-hydrogen) atoms. The number of aromatic nitrogens is 1. The summed E-state index contributed by atoms with van der Waals surface area (Å²) in [7, 11) is 0. The molecule has 0 aliphatic carbocycles. The first-order chi connectivity index (χ1) is 13.7. The zero-order chi connectivity index (χ0) is 20.8. The number of alkyl halides is 3. The SMILES string of the molecule is Oc1cccc(-c2csc(N3N=C(c4ccc(Cl)cc4)C[C@]3(O)C(F)(F)F)n2)c1. The van der Waals surface area contributed by atoms with Crippen molar-refractivity contribution >= 4 is 33.8 Å². The largest absolute Gasteiger partial charge is 0.508 e. The molecule has 0 fully saturated rings. The zero-order valence-corrected chi connectivity index (χ0v) is 16.1. The van der Waals surface area contributed by atoms with E-state index in [-0.39, 0.29) is 16.6 Å². The first kappa shape index (κ1) is 19.7. The summed E-state index contributed by atoms with van der Waals surface area (Å²) in [5.74, 6) is 0.00747. The number of thiazole rings is 1. The fraction of sp³-hybridized carbons (Fsp3) is 0.158. The van der Waals surface area contributed by atoms with Crippen LogP contribution in [0.5, 0.6) is 5.75 Å². The van der Waals surface area contributed by atoms with Gasteiger partial charge in [-0.25, -0.2) is 4.98 Å². The Morgan fingerprint density at radius 2 is 1.83 bits per heavy atom. The molecule has 1 atom stereocenters. The molecular formula is C19H13ClF3N3O2S. The van der Waals surface area contributed by atoms with Crippen LogP contribution in [0.3, 0.4) is 0 Å². The van der Waals surface area contributed by atoms with Gasteiger partial charge in [0, 0.05) is 16.0 Å². The second-order valence-corrected chi connectivity index (χ2v) is 7.70. The molecule has 0 unspecified atom stereocenters. The smallest absolute Gasteiger partial charge is 0.438 e. The standard InChI is InChI=1S/C19H13ClF3N3O2S/c20-13-6-4-11(5-7-13)15-9-18(28,19(21,22)23)26(25-15)17-24-16(10-29-17)12-2-1-3-14(27)8-12/h1-8,10,27-28H,9H2/t18-/m0/s1. The van der Waals surface area contributed by atoms with E-state index in [0.29, 0.717) is 26.9 Å². The Morgan fingerprint density at radius 3 is 2.48 bits per heavy atom. The van der Waals surface area contributed by atoms with Crippen molar-refractivity contribution in [3.05, 3.63) is 64.5 Å². The van der Waals surface area contributed by atoms with Crippen LogP contribution in [0, 0.1) is 0 Å². The molecular weight excluding hydrogens is 427 g/mol. The first-order valence-corrected chi connectivity index (χ1v) is 9.61. The van der Waals surface area contributed by atoms with E-state index in [1.807, 2.05) is 0 Å². The van der Waals surface area contributed by atoms with Crippen molar-refractivity contribution in [2.75, 3.05) is 5.01 Å². The highest BCUT2D eigenvalue weighted by molar-refractivity contribution is 7.14. The highest BCUT2D eigenvalue weighted by atomic mass is 35.5. The zero-order valence-electron chi connectivity index (χ0n) is 14.6. The fourth-order valence-corrected chi connectivity index (χ4v) is 3.90. The van der Waals surface area contributed by atoms with Crippen molar-refractivity contribution in [1.29, 1.82) is 0 Å². The average molecular weight is 440 g/mol. The number of hydrogen-bond donors (Lipinski definition) is 2. The average Bonchev–Trinajstić information content (AvgIpc) is 3.27. The van der Waals surface area contributed by atoms with E-state index in [0.717, 1.165) is 11.3 Å². The van der Waals surface area contributed by atoms with E-state index in [1.54, 1.807) is 24.3 Å². The van der Waals surface area contributed by atoms with Crippen LogP contribution in [0.1, 0.15) is 12.0 Å². The Kier molecular flexibility index (Phi) is 4.76. The molecule has 3 aromatic rings. The van der Waals surface area contributed by atoms with Crippen molar-refractivity contribution in [2.24, 2.45) is 5.10 Å². The van der Waals surface area contributed by atoms with Gasteiger partial charge in [0.1, 0.15) is 5.75 Å². The molecule has 5 nitrogen and oxygen atoms in total. The number of anilines is 1. The van der Waals surface area contributed by atoms with E-state index in [4.69, 9.17) is 11.6 Å². The van der Waals surface area contributed by atoms with Crippen molar-refractivity contribution in [3.8, 4) is 17.0 Å². The molecule has 2 aromatic carbocycles. The van der Waals surface area contributed by atoms with Crippen LogP contribution < -0.4 is 5.01 Å². The number of aliphatic hydroxyl groups is 1. The summed E-state index contributed by atoms with van der Waals surface area (Å²) >= 11 is 6.75. The van der Waals surface area contributed by atoms with Gasteiger partial charge < -0.3 is 10.2 Å². The molecule has 1 aromatic heterocycles. The fourth-order valence-electron chi connectivity index (χ4n) is 2.93. The van der Waals surface area contributed by atoms with Gasteiger partial charge in [-0.15, -0.1) is 11.3 Å². The molecule has 1 aliphatic heterocycles. The molecule has 4 rings (SSSR count). The van der Waals surface area contributed by atoms with Gasteiger partial charge in [-0.3, -0.25) is 0 Å². The highest BCUT2D eigenvalue weighted by Gasteiger charge is 2.62. The number of phenolic OH excluding ortho intramolecular Hbond substituents is 1. The van der Waals surface area contributed by atoms with Gasteiger partial charge in [0.05, 0.1) is 17.8 Å². The summed E-state index contributed by atoms with van der Waals surface area (Å²) in [6.45, 7) is 0. The second-order valence-electron chi connectivity index (χ2n) is 6.42. The summed E-state index contributed by atoms with van der Waals surface area (Å²) in [4.78, 5) is 4.20. The van der Waals surface area contributed by atoms with Crippen LogP contribution in [-0.4, -0.2) is 32.8 Å². The number of phenols is 1. The Hall–Kier alpha value is -2.62. The number of benzene rings is 2. The van der Waals surface area contributed by atoms with Gasteiger partial charge in [0.2, 0.25) is 5.13 Å². The Balaban J connectivity index is 1.75. The van der Waals surface area contributed by atoms with Crippen LogP contribution in [0.2, 0.25) is 5.02 Å². The summed E-state index contributed by atoms with van der Waals surface area (Å²) in [5.41, 5.74) is -1.85. The molecule has 0 spiro atoms. The molecule has 1 aliphatic rings. The summed E-state index contributed by atoms with van der Waals surface area (Å²) < 4.78 is 41.3. The number of hydrogen-bond acceptors (Lipinski definition) is 6. The van der Waals surface area contributed by atoms with Crippen LogP contribution >= 0.6 is 22.9 Å². The van der Waals surface area contributed by atoms with Crippen molar-refractivity contribution in [1.82, 2.24) is 4.98 Å². The predicted molar refractivity (Wildman–Crippen MR) is 105 cm³/mol. The molecule has 2 heterocycles. The van der Waals surface area contributed by atoms with Gasteiger partial charge >= 0.3 is 6.18 Å². The minimum atomic E-state index is -4.97. The van der Waals surface area contributed by atoms with Gasteiger partial charge in [-0.1, -0.05) is 35.9 Å². The van der Waals surface area contributed by atoms with Crippen LogP contribution in [0.25, 0.3) is 11.3 Å². The lowest BCUT2D eigenvalue weighted by atomic mass is 10.0. The third-order valence-corrected chi connectivity index (χ3v) is 5.50. The van der Waals surface area contributed by atoms with Gasteiger partial charge in [0.15, 0.2) is 0 Å². The third-order valence-electron chi connectivity index (χ3n) is 4.43. The molecule has 0 bridgehead atoms. The molecule has 0 radical (unpaired) electrons. The number of aromatic hydroxyl groups is 1. The minimum Gasteiger partial charge on any atom is -0.508 e. The molecule has 2 N–H and O–H groups in total. The maximum absolute atomic E-state index is 13.8. The Morgan fingerprint density at radius 1 is 1.10 bits per heavy atom. The Bertz CT molecular complexity index is 1080. The molecule has 0 saturated heterocycles. The molecule has 0 saturated carbocycles. The Labute approximate surface area is 172 Å². The summed E-state index contributed by atoms with van der Waals surface area (Å²) in [6, 6.07) is 12.4. The van der Waals surface area contributed by atoms with Gasteiger partial charge in [0.25, 0.3) is 5.72 Å². The van der Waals surface area contributed by atoms with E-state index in [2.05, 4.69) is 10.1 Å². The van der Waals surface area contributed by atoms with E-state index < -0.39 is 18.3 Å². The maximum Gasteiger partial charge on any atom is 0.438 e. The van der Waals surface area contributed by atoms with E-state index in [9.17, 15) is 23.4 Å². The van der Waals surface area contributed by atoms with E-state index in [1.165, 1.54) is 29.6 Å². The van der Waals surface area contributed by atoms with Crippen molar-refractivity contribution in [2.45, 2.75) is 18.3 Å². The summed E-state index contributed by atoms with van der Waals surface area (Å²) in [5, 5.41) is 26.5. The number of nitrogens with zero attached hydrogens (tertiary/aromatic N) is 3. The van der Waals surface area contributed by atoms with Crippen LogP contribution in [0.4, 0.5) is 18.3 Å². The molecule has 0 amide bonds. The monoisotopic (exact) mass is 439 g/mol. The third kappa shape index (κ3) is 3.57. The second kappa shape index (κ2) is 7.01. The minimum absolute atomic E-state index is 0.00747. The molecule has 10 heteroatoms. The van der Waals surface area contributed by atoms with Crippen LogP contribution in [-0.2, 0) is 0 Å². The van der Waals surface area contributed by atoms with Crippen LogP contribution in [0.15, 0.2) is 59.0 Å². The maximum atomic E-state index is 13.8. The number of hydrazone groups is 1. The predicted octanol–water partition coefficient (Wildman–Crippen LogP) is 5.03. The number of halogens is 4. The number of rotatable bonds is 3. The molecule has 150 valence electrons. The summed E-state index contributed by atoms with van der Waals surface area (Å²) in [6.07, 6.45) is -5.72. The topological polar surface area (TPSA) is 69.0 Å². The van der Waals surface area contributed by atoms with Crippen molar-refractivity contribution in [3.63, 3.8) is 0 Å². The normalized spacial score (nSPS) is 19.5. The van der Waals surface area contributed by atoms with Gasteiger partial charge in [-0.05, 0) is 29.8 Å². The first-order valence-electron chi connectivity index (χ1n) is 8.35. The van der Waals surface area contributed by atoms with Crippen molar-refractivity contribution < 1.29 is 23.4 Å². The highest BCUT2D eigenvalue weighted by Crippen LogP contribution is 2.45. The lowest BCUT2D eigenvalue weighted by Crippen LogP contribution is -2.55.